The van der Waals surface area contributed by atoms with Crippen molar-refractivity contribution >= 4 is 35.0 Å². The maximum atomic E-state index is 13.6. The van der Waals surface area contributed by atoms with Crippen LogP contribution in [0.3, 0.4) is 0 Å². The third-order valence-electron chi connectivity index (χ3n) is 6.37. The van der Waals surface area contributed by atoms with E-state index in [1.54, 1.807) is 29.7 Å². The van der Waals surface area contributed by atoms with Gasteiger partial charge in [-0.15, -0.1) is 0 Å². The monoisotopic (exact) mass is 506 g/mol. The fraction of sp³-hybridized carbons (Fsp3) is 0.192. The molecule has 2 bridgehead atoms. The van der Waals surface area contributed by atoms with Crippen molar-refractivity contribution in [3.63, 3.8) is 0 Å². The number of fused-ring (bicyclic) bond motifs is 6. The lowest BCUT2D eigenvalue weighted by atomic mass is 9.81. The van der Waals surface area contributed by atoms with Gasteiger partial charge < -0.3 is 13.9 Å². The number of hydrogen-bond donors (Lipinski definition) is 0. The zero-order valence-corrected chi connectivity index (χ0v) is 20.3. The summed E-state index contributed by atoms with van der Waals surface area (Å²) in [6, 6.07) is 17.8. The van der Waals surface area contributed by atoms with E-state index >= 15 is 0 Å². The van der Waals surface area contributed by atoms with E-state index < -0.39 is 23.7 Å². The number of hydrogen-bond acceptors (Lipinski definition) is 7. The van der Waals surface area contributed by atoms with Gasteiger partial charge >= 0.3 is 5.97 Å². The lowest BCUT2D eigenvalue weighted by molar-refractivity contribution is -0.158. The first-order chi connectivity index (χ1) is 16.9. The van der Waals surface area contributed by atoms with Crippen LogP contribution in [0.15, 0.2) is 74.9 Å². The van der Waals surface area contributed by atoms with E-state index in [0.29, 0.717) is 31.6 Å². The lowest BCUT2D eigenvalue weighted by Crippen LogP contribution is -2.58. The smallest absolute Gasteiger partial charge is 0.317 e. The van der Waals surface area contributed by atoms with Crippen molar-refractivity contribution in [3.05, 3.63) is 96.7 Å². The van der Waals surface area contributed by atoms with E-state index in [1.807, 2.05) is 48.5 Å². The molecule has 2 aliphatic heterocycles. The fourth-order valence-electron chi connectivity index (χ4n) is 4.80. The lowest BCUT2D eigenvalue weighted by Gasteiger charge is -2.44. The molecule has 176 valence electrons. The second kappa shape index (κ2) is 7.96. The molecular weight excluding hydrogens is 488 g/mol. The van der Waals surface area contributed by atoms with Crippen molar-refractivity contribution in [1.29, 1.82) is 0 Å². The van der Waals surface area contributed by atoms with Crippen LogP contribution in [0.25, 0.3) is 17.4 Å². The number of carbonyl (C=O) groups is 1. The largest absolute Gasteiger partial charge is 0.469 e. The van der Waals surface area contributed by atoms with Gasteiger partial charge in [0.25, 0.3) is 5.56 Å². The highest BCUT2D eigenvalue weighted by atomic mass is 35.5. The summed E-state index contributed by atoms with van der Waals surface area (Å²) >= 11 is 7.52. The first-order valence-electron chi connectivity index (χ1n) is 10.9. The number of thiazole rings is 1. The number of halogens is 1. The number of furan rings is 1. The second-order valence-corrected chi connectivity index (χ2v) is 9.92. The van der Waals surface area contributed by atoms with Gasteiger partial charge in [-0.1, -0.05) is 53.3 Å². The molecule has 0 saturated heterocycles. The Labute approximate surface area is 208 Å². The molecule has 6 rings (SSSR count). The zero-order chi connectivity index (χ0) is 24.3. The van der Waals surface area contributed by atoms with Gasteiger partial charge in [0.1, 0.15) is 23.2 Å². The maximum absolute atomic E-state index is 13.6. The Morgan fingerprint density at radius 2 is 1.94 bits per heavy atom. The van der Waals surface area contributed by atoms with E-state index in [1.165, 1.54) is 18.4 Å². The predicted octanol–water partition coefficient (Wildman–Crippen LogP) is 3.77. The van der Waals surface area contributed by atoms with Crippen LogP contribution in [0.2, 0.25) is 5.02 Å². The van der Waals surface area contributed by atoms with Crippen LogP contribution >= 0.6 is 22.9 Å². The maximum Gasteiger partial charge on any atom is 0.317 e. The minimum Gasteiger partial charge on any atom is -0.469 e. The van der Waals surface area contributed by atoms with E-state index in [2.05, 4.69) is 0 Å². The summed E-state index contributed by atoms with van der Waals surface area (Å²) in [7, 11) is 1.33. The SMILES string of the molecule is COC(=O)[C@H]1[C@H]2c3ccccc3O[C@@]1(C)N=c1sc(=Cc3ccc(-c4ccccc4Cl)o3)c(=O)n12. The average Bonchev–Trinajstić information content (AvgIpc) is 3.42. The summed E-state index contributed by atoms with van der Waals surface area (Å²) in [5.74, 6) is 0.399. The predicted molar refractivity (Wildman–Crippen MR) is 131 cm³/mol. The molecule has 9 heteroatoms. The Bertz CT molecular complexity index is 1670. The summed E-state index contributed by atoms with van der Waals surface area (Å²) in [5, 5.41) is 0.576. The molecule has 0 saturated carbocycles. The van der Waals surface area contributed by atoms with Gasteiger partial charge in [-0.2, -0.15) is 0 Å². The van der Waals surface area contributed by atoms with Crippen molar-refractivity contribution in [1.82, 2.24) is 4.57 Å². The topological polar surface area (TPSA) is 83.0 Å². The Balaban J connectivity index is 1.52. The molecule has 2 aliphatic rings. The average molecular weight is 507 g/mol. The van der Waals surface area contributed by atoms with Crippen molar-refractivity contribution in [3.8, 4) is 17.1 Å². The van der Waals surface area contributed by atoms with Crippen LogP contribution < -0.4 is 19.6 Å². The normalized spacial score (nSPS) is 22.5. The first-order valence-corrected chi connectivity index (χ1v) is 12.1. The van der Waals surface area contributed by atoms with Gasteiger partial charge in [-0.25, -0.2) is 4.99 Å². The highest BCUT2D eigenvalue weighted by Crippen LogP contribution is 2.47. The number of ether oxygens (including phenoxy) is 2. The van der Waals surface area contributed by atoms with Crippen molar-refractivity contribution in [2.24, 2.45) is 10.9 Å². The Hall–Kier alpha value is -3.62. The molecule has 0 N–H and O–H groups in total. The van der Waals surface area contributed by atoms with E-state index in [4.69, 9.17) is 30.5 Å². The Kier molecular flexibility index (Phi) is 4.98. The van der Waals surface area contributed by atoms with Gasteiger partial charge in [-0.05, 0) is 37.3 Å². The number of nitrogens with zero attached hydrogens (tertiary/aromatic N) is 2. The molecule has 4 aromatic rings. The Morgan fingerprint density at radius 3 is 2.74 bits per heavy atom. The number of para-hydroxylation sites is 1. The number of esters is 1. The highest BCUT2D eigenvalue weighted by molar-refractivity contribution is 7.07. The zero-order valence-electron chi connectivity index (χ0n) is 18.7. The van der Waals surface area contributed by atoms with Crippen molar-refractivity contribution < 1.29 is 18.7 Å². The minimum absolute atomic E-state index is 0.262. The number of aromatic nitrogens is 1. The molecule has 0 amide bonds. The molecule has 0 aliphatic carbocycles. The fourth-order valence-corrected chi connectivity index (χ4v) is 6.10. The summed E-state index contributed by atoms with van der Waals surface area (Å²) in [4.78, 5) is 31.7. The van der Waals surface area contributed by atoms with Crippen LogP contribution in [-0.4, -0.2) is 23.4 Å². The van der Waals surface area contributed by atoms with Gasteiger partial charge in [0.2, 0.25) is 5.72 Å². The summed E-state index contributed by atoms with van der Waals surface area (Å²) < 4.78 is 19.3. The number of methoxy groups -OCH3 is 1. The molecule has 0 fully saturated rings. The van der Waals surface area contributed by atoms with Crippen molar-refractivity contribution in [2.75, 3.05) is 7.11 Å². The summed E-state index contributed by atoms with van der Waals surface area (Å²) in [6.45, 7) is 1.75. The van der Waals surface area contributed by atoms with E-state index in [9.17, 15) is 9.59 Å². The number of rotatable bonds is 3. The molecule has 0 unspecified atom stereocenters. The summed E-state index contributed by atoms with van der Waals surface area (Å²) in [6.07, 6.45) is 1.68. The van der Waals surface area contributed by atoms with Crippen LogP contribution in [0.5, 0.6) is 5.75 Å². The van der Waals surface area contributed by atoms with E-state index in [-0.39, 0.29) is 5.56 Å². The molecule has 35 heavy (non-hydrogen) atoms. The molecule has 0 spiro atoms. The summed E-state index contributed by atoms with van der Waals surface area (Å²) in [5.41, 5.74) is 0.0364. The Morgan fingerprint density at radius 1 is 1.17 bits per heavy atom. The van der Waals surface area contributed by atoms with Gasteiger partial charge in [0.05, 0.1) is 22.7 Å². The van der Waals surface area contributed by atoms with Crippen LogP contribution in [0, 0.1) is 5.92 Å². The quantitative estimate of drug-likeness (QED) is 0.395. The molecule has 2 aromatic carbocycles. The van der Waals surface area contributed by atoms with Crippen LogP contribution in [0.4, 0.5) is 0 Å². The van der Waals surface area contributed by atoms with Gasteiger partial charge in [0.15, 0.2) is 4.80 Å². The van der Waals surface area contributed by atoms with Crippen molar-refractivity contribution in [2.45, 2.75) is 18.7 Å². The van der Waals surface area contributed by atoms with Gasteiger partial charge in [0, 0.05) is 17.2 Å². The standard InChI is InChI=1S/C26H19ClN2O5S/c1-26-21(24(31)32-2)22(16-8-4-6-10-19(16)34-26)29-23(30)20(35-25(29)28-26)13-14-11-12-18(33-14)15-7-3-5-9-17(15)27/h3-13,21-22H,1-2H3/t21-,22-,26-/m1/s1. The highest BCUT2D eigenvalue weighted by Gasteiger charge is 2.55. The number of carbonyl (C=O) groups excluding carboxylic acids is 1. The van der Waals surface area contributed by atoms with Crippen LogP contribution in [0.1, 0.15) is 24.3 Å². The first kappa shape index (κ1) is 21.9. The third-order valence-corrected chi connectivity index (χ3v) is 7.69. The molecule has 4 heterocycles. The molecular formula is C26H19ClN2O5S. The molecule has 3 atom stereocenters. The molecule has 0 radical (unpaired) electrons. The third kappa shape index (κ3) is 3.36. The van der Waals surface area contributed by atoms with Gasteiger partial charge in [-0.3, -0.25) is 14.2 Å². The molecule has 7 nitrogen and oxygen atoms in total. The second-order valence-electron chi connectivity index (χ2n) is 8.50. The van der Waals surface area contributed by atoms with E-state index in [0.717, 1.165) is 11.1 Å². The van der Waals surface area contributed by atoms with Crippen LogP contribution in [-0.2, 0) is 9.53 Å². The molecule has 2 aromatic heterocycles. The minimum atomic E-state index is -1.21. The number of benzene rings is 2.